The molecule has 2 heterocycles. The lowest BCUT2D eigenvalue weighted by Crippen LogP contribution is -2.06. The van der Waals surface area contributed by atoms with Crippen molar-refractivity contribution in [2.24, 2.45) is 4.99 Å². The van der Waals surface area contributed by atoms with Crippen LogP contribution < -0.4 is 0 Å². The van der Waals surface area contributed by atoms with E-state index in [-0.39, 0.29) is 0 Å². The zero-order chi connectivity index (χ0) is 10.7. The molecule has 5 heteroatoms. The van der Waals surface area contributed by atoms with E-state index in [9.17, 15) is 0 Å². The highest BCUT2D eigenvalue weighted by molar-refractivity contribution is 7.13. The molecule has 0 saturated heterocycles. The number of aromatic nitrogens is 1. The summed E-state index contributed by atoms with van der Waals surface area (Å²) < 4.78 is 5.07. The molecule has 0 aliphatic heterocycles. The van der Waals surface area contributed by atoms with E-state index < -0.39 is 0 Å². The average molecular weight is 221 g/mol. The minimum atomic E-state index is 0.520. The second-order valence-corrected chi connectivity index (χ2v) is 4.18. The largest absolute Gasteiger partial charge is 0.369 e. The summed E-state index contributed by atoms with van der Waals surface area (Å²) in [6.45, 7) is 0. The molecule has 0 atom stereocenters. The van der Waals surface area contributed by atoms with Crippen LogP contribution in [0.1, 0.15) is 0 Å². The summed E-state index contributed by atoms with van der Waals surface area (Å²) in [5.74, 6) is 0.520. The smallest absolute Gasteiger partial charge is 0.252 e. The molecule has 4 nitrogen and oxygen atoms in total. The first-order valence-corrected chi connectivity index (χ1v) is 5.35. The monoisotopic (exact) mass is 221 g/mol. The molecule has 0 saturated carbocycles. The number of nitrogens with zero attached hydrogens (tertiary/aromatic N) is 3. The number of hydrogen-bond donors (Lipinski definition) is 0. The molecule has 0 amide bonds. The molecule has 0 N–H and O–H groups in total. The fraction of sp³-hybridized carbons (Fsp3) is 0.200. The molecular formula is C10H11N3OS. The van der Waals surface area contributed by atoms with Gasteiger partial charge in [-0.1, -0.05) is 11.2 Å². The van der Waals surface area contributed by atoms with Gasteiger partial charge < -0.3 is 9.42 Å². The van der Waals surface area contributed by atoms with Gasteiger partial charge in [0, 0.05) is 20.2 Å². The van der Waals surface area contributed by atoms with Crippen LogP contribution in [-0.4, -0.2) is 30.5 Å². The third-order valence-corrected chi connectivity index (χ3v) is 2.58. The number of hydrogen-bond acceptors (Lipinski definition) is 4. The van der Waals surface area contributed by atoms with Crippen molar-refractivity contribution in [1.29, 1.82) is 0 Å². The third-order valence-electron chi connectivity index (χ3n) is 1.69. The first-order valence-electron chi connectivity index (χ1n) is 4.47. The lowest BCUT2D eigenvalue weighted by Gasteiger charge is -1.99. The van der Waals surface area contributed by atoms with Gasteiger partial charge in [0.25, 0.3) is 5.88 Å². The lowest BCUT2D eigenvalue weighted by atomic mass is 10.3. The van der Waals surface area contributed by atoms with Gasteiger partial charge >= 0.3 is 0 Å². The van der Waals surface area contributed by atoms with E-state index in [2.05, 4.69) is 10.1 Å². The van der Waals surface area contributed by atoms with Crippen LogP contribution in [0.3, 0.4) is 0 Å². The zero-order valence-corrected chi connectivity index (χ0v) is 9.36. The molecule has 0 aliphatic carbocycles. The van der Waals surface area contributed by atoms with Gasteiger partial charge in [0.1, 0.15) is 5.69 Å². The molecule has 0 aromatic carbocycles. The highest BCUT2D eigenvalue weighted by Crippen LogP contribution is 2.26. The second-order valence-electron chi connectivity index (χ2n) is 3.24. The highest BCUT2D eigenvalue weighted by Gasteiger charge is 2.05. The van der Waals surface area contributed by atoms with Gasteiger partial charge in [0.05, 0.1) is 11.2 Å². The highest BCUT2D eigenvalue weighted by atomic mass is 32.1. The quantitative estimate of drug-likeness (QED) is 0.591. The maximum atomic E-state index is 5.07. The van der Waals surface area contributed by atoms with Gasteiger partial charge in [0.15, 0.2) is 0 Å². The summed E-state index contributed by atoms with van der Waals surface area (Å²) in [4.78, 5) is 7.04. The summed E-state index contributed by atoms with van der Waals surface area (Å²) in [6.07, 6.45) is 1.68. The number of rotatable bonds is 3. The van der Waals surface area contributed by atoms with Gasteiger partial charge in [-0.3, -0.25) is 0 Å². The Labute approximate surface area is 91.8 Å². The van der Waals surface area contributed by atoms with Crippen molar-refractivity contribution in [2.45, 2.75) is 0 Å². The molecule has 0 aliphatic rings. The minimum Gasteiger partial charge on any atom is -0.369 e. The van der Waals surface area contributed by atoms with Crippen LogP contribution in [0.5, 0.6) is 0 Å². The maximum Gasteiger partial charge on any atom is 0.252 e. The van der Waals surface area contributed by atoms with E-state index in [1.54, 1.807) is 17.7 Å². The van der Waals surface area contributed by atoms with E-state index in [1.165, 1.54) is 0 Å². The Morgan fingerprint density at radius 2 is 2.40 bits per heavy atom. The van der Waals surface area contributed by atoms with Crippen LogP contribution in [0.4, 0.5) is 5.88 Å². The topological polar surface area (TPSA) is 41.6 Å². The Morgan fingerprint density at radius 1 is 1.53 bits per heavy atom. The normalized spacial score (nSPS) is 11.1. The van der Waals surface area contributed by atoms with Crippen LogP contribution >= 0.6 is 11.3 Å². The number of thiophene rings is 1. The maximum absolute atomic E-state index is 5.07. The first kappa shape index (κ1) is 9.92. The van der Waals surface area contributed by atoms with Crippen LogP contribution in [0, 0.1) is 0 Å². The molecule has 2 rings (SSSR count). The summed E-state index contributed by atoms with van der Waals surface area (Å²) >= 11 is 1.63. The van der Waals surface area contributed by atoms with Crippen LogP contribution in [-0.2, 0) is 0 Å². The second kappa shape index (κ2) is 4.27. The van der Waals surface area contributed by atoms with Crippen molar-refractivity contribution in [3.05, 3.63) is 23.6 Å². The van der Waals surface area contributed by atoms with Gasteiger partial charge in [-0.2, -0.15) is 0 Å². The van der Waals surface area contributed by atoms with Crippen molar-refractivity contribution in [3.63, 3.8) is 0 Å². The average Bonchev–Trinajstić information content (AvgIpc) is 2.85. The van der Waals surface area contributed by atoms with E-state index in [0.717, 1.165) is 10.6 Å². The van der Waals surface area contributed by atoms with E-state index in [1.807, 2.05) is 42.6 Å². The van der Waals surface area contributed by atoms with Gasteiger partial charge in [-0.05, 0) is 11.4 Å². The molecule has 78 valence electrons. The zero-order valence-electron chi connectivity index (χ0n) is 8.54. The third kappa shape index (κ3) is 2.44. The Morgan fingerprint density at radius 3 is 3.07 bits per heavy atom. The predicted molar refractivity (Wildman–Crippen MR) is 61.7 cm³/mol. The fourth-order valence-corrected chi connectivity index (χ4v) is 1.72. The van der Waals surface area contributed by atoms with Crippen molar-refractivity contribution < 1.29 is 4.52 Å². The summed E-state index contributed by atoms with van der Waals surface area (Å²) in [5, 5.41) is 5.95. The van der Waals surface area contributed by atoms with E-state index in [4.69, 9.17) is 4.52 Å². The minimum absolute atomic E-state index is 0.520. The van der Waals surface area contributed by atoms with Crippen molar-refractivity contribution in [2.75, 3.05) is 14.1 Å². The van der Waals surface area contributed by atoms with Gasteiger partial charge in [0.2, 0.25) is 0 Å². The van der Waals surface area contributed by atoms with Crippen molar-refractivity contribution in [1.82, 2.24) is 10.1 Å². The summed E-state index contributed by atoms with van der Waals surface area (Å²) in [7, 11) is 3.81. The molecule has 0 unspecified atom stereocenters. The molecule has 2 aromatic rings. The Bertz CT molecular complexity index is 445. The van der Waals surface area contributed by atoms with Crippen LogP contribution in [0.15, 0.2) is 33.1 Å². The van der Waals surface area contributed by atoms with Gasteiger partial charge in [-0.25, -0.2) is 4.99 Å². The van der Waals surface area contributed by atoms with Crippen LogP contribution in [0.2, 0.25) is 0 Å². The van der Waals surface area contributed by atoms with E-state index in [0.29, 0.717) is 5.88 Å². The first-order chi connectivity index (χ1) is 7.25. The molecule has 0 spiro atoms. The standard InChI is InChI=1S/C10H11N3OS/c1-13(2)7-11-10-6-8(12-14-10)9-4-3-5-15-9/h3-7H,1-2H3. The SMILES string of the molecule is CN(C)C=Nc1cc(-c2cccs2)no1. The Hall–Kier alpha value is -1.62. The van der Waals surface area contributed by atoms with E-state index >= 15 is 0 Å². The lowest BCUT2D eigenvalue weighted by molar-refractivity contribution is 0.432. The predicted octanol–water partition coefficient (Wildman–Crippen LogP) is 2.62. The van der Waals surface area contributed by atoms with Crippen LogP contribution in [0.25, 0.3) is 10.6 Å². The number of aliphatic imine (C=N–C) groups is 1. The summed E-state index contributed by atoms with van der Waals surface area (Å²) in [6, 6.07) is 5.81. The molecule has 0 bridgehead atoms. The fourth-order valence-electron chi connectivity index (χ4n) is 1.04. The van der Waals surface area contributed by atoms with Gasteiger partial charge in [-0.15, -0.1) is 11.3 Å². The molecule has 2 aromatic heterocycles. The Kier molecular flexibility index (Phi) is 2.82. The molecule has 0 fully saturated rings. The molecular weight excluding hydrogens is 210 g/mol. The van der Waals surface area contributed by atoms with Crippen molar-refractivity contribution in [3.8, 4) is 10.6 Å². The molecule has 0 radical (unpaired) electrons. The summed E-state index contributed by atoms with van der Waals surface area (Å²) in [5.41, 5.74) is 0.830. The van der Waals surface area contributed by atoms with Crippen molar-refractivity contribution >= 4 is 23.6 Å². The Balaban J connectivity index is 2.18. The molecule has 15 heavy (non-hydrogen) atoms.